The lowest BCUT2D eigenvalue weighted by atomic mass is 10.2. The summed E-state index contributed by atoms with van der Waals surface area (Å²) in [5, 5.41) is 0. The van der Waals surface area contributed by atoms with Gasteiger partial charge in [-0.1, -0.05) is 13.0 Å². The number of nitrogens with zero attached hydrogens (tertiary/aromatic N) is 3. The highest BCUT2D eigenvalue weighted by atomic mass is 16.2. The van der Waals surface area contributed by atoms with Gasteiger partial charge in [0.1, 0.15) is 11.3 Å². The van der Waals surface area contributed by atoms with Gasteiger partial charge in [0.15, 0.2) is 0 Å². The third-order valence-corrected chi connectivity index (χ3v) is 2.55. The highest BCUT2D eigenvalue weighted by Gasteiger charge is 2.18. The summed E-state index contributed by atoms with van der Waals surface area (Å²) in [6.07, 6.45) is 2.63. The molecule has 0 N–H and O–H groups in total. The van der Waals surface area contributed by atoms with Crippen molar-refractivity contribution >= 4 is 11.6 Å². The normalized spacial score (nSPS) is 10.7. The van der Waals surface area contributed by atoms with Gasteiger partial charge < -0.3 is 4.90 Å². The zero-order valence-electron chi connectivity index (χ0n) is 9.77. The van der Waals surface area contributed by atoms with Crippen LogP contribution < -0.4 is 0 Å². The maximum absolute atomic E-state index is 12.1. The van der Waals surface area contributed by atoms with Gasteiger partial charge in [0, 0.05) is 20.3 Å². The number of hydrogen-bond acceptors (Lipinski definition) is 2. The highest BCUT2D eigenvalue weighted by Crippen LogP contribution is 2.14. The molecule has 0 atom stereocenters. The molecule has 0 aromatic carbocycles. The molecule has 0 saturated carbocycles. The van der Waals surface area contributed by atoms with Crippen molar-refractivity contribution in [3.8, 4) is 0 Å². The van der Waals surface area contributed by atoms with Crippen LogP contribution in [-0.4, -0.2) is 34.3 Å². The predicted octanol–water partition coefficient (Wildman–Crippen LogP) is 1.60. The fourth-order valence-corrected chi connectivity index (χ4v) is 1.73. The lowest BCUT2D eigenvalue weighted by Gasteiger charge is -2.10. The van der Waals surface area contributed by atoms with Gasteiger partial charge in [0.25, 0.3) is 5.91 Å². The van der Waals surface area contributed by atoms with Gasteiger partial charge >= 0.3 is 0 Å². The Morgan fingerprint density at radius 2 is 2.19 bits per heavy atom. The van der Waals surface area contributed by atoms with Crippen LogP contribution in [0.15, 0.2) is 24.4 Å². The van der Waals surface area contributed by atoms with Crippen LogP contribution in [0.2, 0.25) is 0 Å². The second-order valence-electron chi connectivity index (χ2n) is 3.89. The number of fused-ring (bicyclic) bond motifs is 1. The first-order valence-corrected chi connectivity index (χ1v) is 5.32. The first-order chi connectivity index (χ1) is 7.65. The van der Waals surface area contributed by atoms with Crippen molar-refractivity contribution < 1.29 is 4.79 Å². The summed E-state index contributed by atoms with van der Waals surface area (Å²) in [5.41, 5.74) is 2.34. The molecule has 0 spiro atoms. The molecule has 1 amide bonds. The van der Waals surface area contributed by atoms with E-state index in [2.05, 4.69) is 4.98 Å². The summed E-state index contributed by atoms with van der Waals surface area (Å²) < 4.78 is 1.85. The van der Waals surface area contributed by atoms with Crippen LogP contribution in [0, 0.1) is 0 Å². The standard InChI is InChI=1S/C12H15N3O/c1-4-9-11(12(16)14(2)3)15-8-6-5-7-10(15)13-9/h5-8H,4H2,1-3H3. The van der Waals surface area contributed by atoms with Gasteiger partial charge in [-0.25, -0.2) is 4.98 Å². The second-order valence-corrected chi connectivity index (χ2v) is 3.89. The SMILES string of the molecule is CCc1nc2ccccn2c1C(=O)N(C)C. The number of aryl methyl sites for hydroxylation is 1. The Morgan fingerprint density at radius 3 is 2.81 bits per heavy atom. The summed E-state index contributed by atoms with van der Waals surface area (Å²) in [4.78, 5) is 18.1. The average molecular weight is 217 g/mol. The number of imidazole rings is 1. The summed E-state index contributed by atoms with van der Waals surface area (Å²) in [6, 6.07) is 5.73. The Labute approximate surface area is 94.5 Å². The van der Waals surface area contributed by atoms with Crippen LogP contribution in [-0.2, 0) is 6.42 Å². The minimum atomic E-state index is -0.00412. The molecule has 4 heteroatoms. The lowest BCUT2D eigenvalue weighted by molar-refractivity contribution is 0.0820. The van der Waals surface area contributed by atoms with Crippen LogP contribution in [0.5, 0.6) is 0 Å². The van der Waals surface area contributed by atoms with Crippen molar-refractivity contribution in [2.24, 2.45) is 0 Å². The Morgan fingerprint density at radius 1 is 1.44 bits per heavy atom. The van der Waals surface area contributed by atoms with E-state index in [0.29, 0.717) is 5.69 Å². The molecule has 0 radical (unpaired) electrons. The molecule has 0 aliphatic carbocycles. The molecule has 0 unspecified atom stereocenters. The summed E-state index contributed by atoms with van der Waals surface area (Å²) in [6.45, 7) is 2.01. The van der Waals surface area contributed by atoms with Crippen molar-refractivity contribution in [2.45, 2.75) is 13.3 Å². The molecule has 84 valence electrons. The molecular formula is C12H15N3O. The number of aromatic nitrogens is 2. The molecule has 4 nitrogen and oxygen atoms in total. The molecule has 2 rings (SSSR count). The van der Waals surface area contributed by atoms with Crippen molar-refractivity contribution in [3.05, 3.63) is 35.8 Å². The topological polar surface area (TPSA) is 37.6 Å². The Balaban J connectivity index is 2.69. The van der Waals surface area contributed by atoms with Crippen LogP contribution >= 0.6 is 0 Å². The van der Waals surface area contributed by atoms with E-state index in [1.165, 1.54) is 0 Å². The number of hydrogen-bond donors (Lipinski definition) is 0. The van der Waals surface area contributed by atoms with Gasteiger partial charge in [0.2, 0.25) is 0 Å². The molecule has 0 saturated heterocycles. The van der Waals surface area contributed by atoms with E-state index in [-0.39, 0.29) is 5.91 Å². The van der Waals surface area contributed by atoms with E-state index in [1.54, 1.807) is 19.0 Å². The number of rotatable bonds is 2. The molecule has 16 heavy (non-hydrogen) atoms. The van der Waals surface area contributed by atoms with E-state index in [0.717, 1.165) is 17.8 Å². The molecule has 0 aliphatic heterocycles. The molecule has 0 aliphatic rings. The maximum Gasteiger partial charge on any atom is 0.272 e. The van der Waals surface area contributed by atoms with E-state index >= 15 is 0 Å². The molecule has 2 aromatic heterocycles. The predicted molar refractivity (Wildman–Crippen MR) is 62.6 cm³/mol. The van der Waals surface area contributed by atoms with Gasteiger partial charge in [-0.3, -0.25) is 9.20 Å². The number of carbonyl (C=O) groups excluding carboxylic acids is 1. The molecular weight excluding hydrogens is 202 g/mol. The zero-order chi connectivity index (χ0) is 11.7. The average Bonchev–Trinajstić information content (AvgIpc) is 2.66. The fraction of sp³-hybridized carbons (Fsp3) is 0.333. The third-order valence-electron chi connectivity index (χ3n) is 2.55. The minimum Gasteiger partial charge on any atom is -0.343 e. The van der Waals surface area contributed by atoms with E-state index in [9.17, 15) is 4.79 Å². The van der Waals surface area contributed by atoms with Crippen LogP contribution in [0.3, 0.4) is 0 Å². The largest absolute Gasteiger partial charge is 0.343 e. The van der Waals surface area contributed by atoms with Gasteiger partial charge in [-0.15, -0.1) is 0 Å². The van der Waals surface area contributed by atoms with Crippen LogP contribution in [0.1, 0.15) is 23.1 Å². The van der Waals surface area contributed by atoms with Gasteiger partial charge in [0.05, 0.1) is 5.69 Å². The zero-order valence-corrected chi connectivity index (χ0v) is 9.77. The maximum atomic E-state index is 12.1. The van der Waals surface area contributed by atoms with Crippen molar-refractivity contribution in [3.63, 3.8) is 0 Å². The smallest absolute Gasteiger partial charge is 0.272 e. The molecule has 0 bridgehead atoms. The fourth-order valence-electron chi connectivity index (χ4n) is 1.73. The van der Waals surface area contributed by atoms with Crippen LogP contribution in [0.25, 0.3) is 5.65 Å². The number of pyridine rings is 1. The Bertz CT molecular complexity index is 528. The lowest BCUT2D eigenvalue weighted by Crippen LogP contribution is -2.24. The van der Waals surface area contributed by atoms with Crippen molar-refractivity contribution in [2.75, 3.05) is 14.1 Å². The van der Waals surface area contributed by atoms with E-state index in [1.807, 2.05) is 35.7 Å². The third kappa shape index (κ3) is 1.56. The number of amides is 1. The molecule has 0 fully saturated rings. The Hall–Kier alpha value is -1.84. The molecule has 2 aromatic rings. The summed E-state index contributed by atoms with van der Waals surface area (Å²) in [7, 11) is 3.51. The van der Waals surface area contributed by atoms with Crippen molar-refractivity contribution in [1.82, 2.24) is 14.3 Å². The minimum absolute atomic E-state index is 0.00412. The quantitative estimate of drug-likeness (QED) is 0.766. The first kappa shape index (κ1) is 10.7. The summed E-state index contributed by atoms with van der Waals surface area (Å²) in [5.74, 6) is -0.00412. The second kappa shape index (κ2) is 3.96. The van der Waals surface area contributed by atoms with Gasteiger partial charge in [-0.2, -0.15) is 0 Å². The highest BCUT2D eigenvalue weighted by molar-refractivity contribution is 5.94. The molecule has 2 heterocycles. The monoisotopic (exact) mass is 217 g/mol. The first-order valence-electron chi connectivity index (χ1n) is 5.32. The summed E-state index contributed by atoms with van der Waals surface area (Å²) >= 11 is 0. The van der Waals surface area contributed by atoms with E-state index in [4.69, 9.17) is 0 Å². The van der Waals surface area contributed by atoms with E-state index < -0.39 is 0 Å². The van der Waals surface area contributed by atoms with Crippen LogP contribution in [0.4, 0.5) is 0 Å². The Kier molecular flexibility index (Phi) is 2.64. The number of carbonyl (C=O) groups is 1. The van der Waals surface area contributed by atoms with Crippen molar-refractivity contribution in [1.29, 1.82) is 0 Å². The van der Waals surface area contributed by atoms with Gasteiger partial charge in [-0.05, 0) is 18.6 Å².